The molecule has 2 atom stereocenters. The number of nitrogens with zero attached hydrogens (tertiary/aromatic N) is 1. The molecule has 1 heterocycles. The summed E-state index contributed by atoms with van der Waals surface area (Å²) in [6, 6.07) is 5.94. The number of amides is 3. The summed E-state index contributed by atoms with van der Waals surface area (Å²) in [6.07, 6.45) is 2.31. The summed E-state index contributed by atoms with van der Waals surface area (Å²) in [6.45, 7) is 10.3. The maximum absolute atomic E-state index is 13.0. The molecule has 2 fully saturated rings. The summed E-state index contributed by atoms with van der Waals surface area (Å²) < 4.78 is 0. The maximum Gasteiger partial charge on any atom is 0.235 e. The molecule has 1 N–H and O–H groups in total. The Balaban J connectivity index is 1.59. The van der Waals surface area contributed by atoms with Crippen molar-refractivity contribution in [3.8, 4) is 0 Å². The first-order valence-corrected chi connectivity index (χ1v) is 9.81. The summed E-state index contributed by atoms with van der Waals surface area (Å²) in [7, 11) is 0. The zero-order chi connectivity index (χ0) is 20.0. The molecule has 3 amide bonds. The van der Waals surface area contributed by atoms with E-state index in [1.165, 1.54) is 4.90 Å². The van der Waals surface area contributed by atoms with Crippen LogP contribution in [0.15, 0.2) is 18.2 Å². The quantitative estimate of drug-likeness (QED) is 0.801. The molecule has 1 aliphatic carbocycles. The molecule has 1 saturated heterocycles. The van der Waals surface area contributed by atoms with E-state index in [4.69, 9.17) is 0 Å². The van der Waals surface area contributed by atoms with Gasteiger partial charge in [0.1, 0.15) is 0 Å². The third-order valence-corrected chi connectivity index (χ3v) is 6.96. The van der Waals surface area contributed by atoms with Crippen LogP contribution in [-0.2, 0) is 14.4 Å². The average Bonchev–Trinajstić information content (AvgIpc) is 2.78. The summed E-state index contributed by atoms with van der Waals surface area (Å²) >= 11 is 0. The highest BCUT2D eigenvalue weighted by molar-refractivity contribution is 6.03. The summed E-state index contributed by atoms with van der Waals surface area (Å²) in [5, 5.41) is 2.93. The van der Waals surface area contributed by atoms with Crippen molar-refractivity contribution in [2.24, 2.45) is 16.7 Å². The molecule has 27 heavy (non-hydrogen) atoms. The second kappa shape index (κ2) is 6.77. The van der Waals surface area contributed by atoms with Crippen LogP contribution in [0.2, 0.25) is 0 Å². The number of rotatable bonds is 5. The minimum atomic E-state index is -0.480. The first-order valence-electron chi connectivity index (χ1n) is 9.81. The van der Waals surface area contributed by atoms with E-state index in [1.54, 1.807) is 0 Å². The molecule has 1 saturated carbocycles. The standard InChI is InChI=1S/C22H30N2O3/c1-14-8-9-15(2)17(13-14)23-18(25)7-6-12-24-19(26)16-10-11-22(5,20(24)27)21(16,3)4/h8-9,13,16H,6-7,10-12H2,1-5H3,(H,23,25). The second-order valence-electron chi connectivity index (χ2n) is 8.91. The van der Waals surface area contributed by atoms with Crippen LogP contribution in [0.4, 0.5) is 5.69 Å². The van der Waals surface area contributed by atoms with E-state index in [2.05, 4.69) is 5.32 Å². The predicted octanol–water partition coefficient (Wildman–Crippen LogP) is 3.83. The van der Waals surface area contributed by atoms with Crippen molar-refractivity contribution in [3.05, 3.63) is 29.3 Å². The Morgan fingerprint density at radius 2 is 1.93 bits per heavy atom. The fraction of sp³-hybridized carbons (Fsp3) is 0.591. The fourth-order valence-corrected chi connectivity index (χ4v) is 4.59. The normalized spacial score (nSPS) is 26.4. The zero-order valence-corrected chi connectivity index (χ0v) is 17.0. The van der Waals surface area contributed by atoms with Crippen molar-refractivity contribution in [3.63, 3.8) is 0 Å². The van der Waals surface area contributed by atoms with Crippen LogP contribution in [0, 0.1) is 30.6 Å². The SMILES string of the molecule is Cc1ccc(C)c(NC(=O)CCCN2C(=O)C3CCC(C)(C2=O)C3(C)C)c1. The molecule has 146 valence electrons. The first-order chi connectivity index (χ1) is 12.6. The first kappa shape index (κ1) is 19.6. The van der Waals surface area contributed by atoms with E-state index < -0.39 is 5.41 Å². The van der Waals surface area contributed by atoms with E-state index in [0.717, 1.165) is 29.7 Å². The lowest BCUT2D eigenvalue weighted by Gasteiger charge is -2.47. The number of piperidine rings is 1. The van der Waals surface area contributed by atoms with Crippen molar-refractivity contribution in [2.75, 3.05) is 11.9 Å². The molecule has 5 nitrogen and oxygen atoms in total. The average molecular weight is 370 g/mol. The Hall–Kier alpha value is -2.17. The van der Waals surface area contributed by atoms with Gasteiger partial charge in [0.2, 0.25) is 17.7 Å². The van der Waals surface area contributed by atoms with Crippen LogP contribution in [0.5, 0.6) is 0 Å². The molecule has 2 unspecified atom stereocenters. The molecule has 2 aliphatic rings. The van der Waals surface area contributed by atoms with Crippen LogP contribution < -0.4 is 5.32 Å². The van der Waals surface area contributed by atoms with Gasteiger partial charge < -0.3 is 5.32 Å². The molecule has 0 radical (unpaired) electrons. The number of hydrogen-bond acceptors (Lipinski definition) is 3. The molecular weight excluding hydrogens is 340 g/mol. The second-order valence-corrected chi connectivity index (χ2v) is 8.91. The number of nitrogens with one attached hydrogen (secondary N) is 1. The third-order valence-electron chi connectivity index (χ3n) is 6.96. The molecule has 1 aromatic carbocycles. The number of carbonyl (C=O) groups excluding carboxylic acids is 3. The number of hydrogen-bond donors (Lipinski definition) is 1. The lowest BCUT2D eigenvalue weighted by atomic mass is 9.62. The van der Waals surface area contributed by atoms with Gasteiger partial charge in [-0.15, -0.1) is 0 Å². The Morgan fingerprint density at radius 1 is 1.22 bits per heavy atom. The zero-order valence-electron chi connectivity index (χ0n) is 17.0. The number of aryl methyl sites for hydroxylation is 2. The van der Waals surface area contributed by atoms with Gasteiger partial charge in [-0.1, -0.05) is 32.9 Å². The summed E-state index contributed by atoms with van der Waals surface area (Å²) in [5.74, 6) is -0.310. The van der Waals surface area contributed by atoms with Crippen molar-refractivity contribution >= 4 is 23.4 Å². The Kier molecular flexibility index (Phi) is 4.91. The van der Waals surface area contributed by atoms with Gasteiger partial charge in [-0.05, 0) is 55.7 Å². The number of fused-ring (bicyclic) bond motifs is 2. The van der Waals surface area contributed by atoms with E-state index in [1.807, 2.05) is 52.8 Å². The van der Waals surface area contributed by atoms with Crippen LogP contribution in [0.3, 0.4) is 0 Å². The monoisotopic (exact) mass is 370 g/mol. The molecular formula is C22H30N2O3. The van der Waals surface area contributed by atoms with Gasteiger partial charge >= 0.3 is 0 Å². The maximum atomic E-state index is 13.0. The number of anilines is 1. The molecule has 0 aromatic heterocycles. The third kappa shape index (κ3) is 3.17. The number of carbonyl (C=O) groups is 3. The minimum absolute atomic E-state index is 0.0603. The highest BCUT2D eigenvalue weighted by atomic mass is 16.2. The lowest BCUT2D eigenvalue weighted by molar-refractivity contribution is -0.168. The van der Waals surface area contributed by atoms with Gasteiger partial charge in [-0.25, -0.2) is 0 Å². The van der Waals surface area contributed by atoms with Crippen LogP contribution in [-0.4, -0.2) is 29.2 Å². The van der Waals surface area contributed by atoms with Gasteiger partial charge in [0.15, 0.2) is 0 Å². The van der Waals surface area contributed by atoms with E-state index in [0.29, 0.717) is 13.0 Å². The van der Waals surface area contributed by atoms with Crippen molar-refractivity contribution in [1.29, 1.82) is 0 Å². The largest absolute Gasteiger partial charge is 0.326 e. The molecule has 1 aromatic rings. The van der Waals surface area contributed by atoms with E-state index in [-0.39, 0.29) is 35.5 Å². The van der Waals surface area contributed by atoms with E-state index >= 15 is 0 Å². The fourth-order valence-electron chi connectivity index (χ4n) is 4.59. The molecule has 2 bridgehead atoms. The minimum Gasteiger partial charge on any atom is -0.326 e. The Bertz CT molecular complexity index is 799. The molecule has 5 heteroatoms. The van der Waals surface area contributed by atoms with Gasteiger partial charge in [0.25, 0.3) is 0 Å². The van der Waals surface area contributed by atoms with Crippen LogP contribution >= 0.6 is 0 Å². The number of likely N-dealkylation sites (tertiary alicyclic amines) is 1. The molecule has 1 aliphatic heterocycles. The Morgan fingerprint density at radius 3 is 2.63 bits per heavy atom. The molecule has 0 spiro atoms. The van der Waals surface area contributed by atoms with Crippen molar-refractivity contribution in [2.45, 2.75) is 60.3 Å². The smallest absolute Gasteiger partial charge is 0.235 e. The van der Waals surface area contributed by atoms with Gasteiger partial charge in [0.05, 0.1) is 5.41 Å². The van der Waals surface area contributed by atoms with Gasteiger partial charge in [0, 0.05) is 24.6 Å². The number of imide groups is 1. The number of benzene rings is 1. The highest BCUT2D eigenvalue weighted by Gasteiger charge is 2.64. The summed E-state index contributed by atoms with van der Waals surface area (Å²) in [5.41, 5.74) is 2.15. The molecule has 3 rings (SSSR count). The lowest BCUT2D eigenvalue weighted by Crippen LogP contribution is -2.59. The van der Waals surface area contributed by atoms with E-state index in [9.17, 15) is 14.4 Å². The van der Waals surface area contributed by atoms with Crippen LogP contribution in [0.25, 0.3) is 0 Å². The van der Waals surface area contributed by atoms with Gasteiger partial charge in [-0.2, -0.15) is 0 Å². The Labute approximate surface area is 161 Å². The predicted molar refractivity (Wildman–Crippen MR) is 105 cm³/mol. The van der Waals surface area contributed by atoms with Crippen molar-refractivity contribution in [1.82, 2.24) is 4.90 Å². The summed E-state index contributed by atoms with van der Waals surface area (Å²) in [4.78, 5) is 39.5. The van der Waals surface area contributed by atoms with Crippen molar-refractivity contribution < 1.29 is 14.4 Å². The highest BCUT2D eigenvalue weighted by Crippen LogP contribution is 2.60. The van der Waals surface area contributed by atoms with Crippen LogP contribution in [0.1, 0.15) is 57.6 Å². The topological polar surface area (TPSA) is 66.5 Å². The van der Waals surface area contributed by atoms with Gasteiger partial charge in [-0.3, -0.25) is 19.3 Å².